The second-order valence-corrected chi connectivity index (χ2v) is 29.8. The minimum Gasteiger partial charge on any atom is -0.870 e. The molecule has 17 heteroatoms. The molecule has 3 atom stereocenters. The number of hydrogen-bond acceptors (Lipinski definition) is 14. The van der Waals surface area contributed by atoms with Gasteiger partial charge < -0.3 is 63.8 Å². The second kappa shape index (κ2) is 134. The molecule has 4 rings (SSSR count). The zero-order valence-corrected chi connectivity index (χ0v) is 79.9. The van der Waals surface area contributed by atoms with Crippen molar-refractivity contribution in [2.24, 2.45) is 0 Å². The number of carbonyl (C=O) groups excluding carboxylic acids is 1. The summed E-state index contributed by atoms with van der Waals surface area (Å²) in [6, 6.07) is 0. The van der Waals surface area contributed by atoms with Gasteiger partial charge in [0.25, 0.3) is 0 Å². The number of carbonyl (C=O) groups is 1. The van der Waals surface area contributed by atoms with Crippen LogP contribution in [0, 0.1) is 0 Å². The molecule has 0 saturated carbocycles. The van der Waals surface area contributed by atoms with E-state index in [1.54, 1.807) is 13.2 Å². The molecule has 4 aliphatic rings. The van der Waals surface area contributed by atoms with Crippen molar-refractivity contribution in [1.82, 2.24) is 0 Å². The van der Waals surface area contributed by atoms with E-state index in [0.29, 0.717) is 19.8 Å². The Bertz CT molecular complexity index is 1670. The molecule has 3 unspecified atom stereocenters. The number of aliphatic hydroxyl groups excluding tert-OH is 4. The number of allylic oxidation sites excluding steroid dienone is 9. The van der Waals surface area contributed by atoms with Crippen LogP contribution in [0.1, 0.15) is 422 Å². The first-order valence-electron chi connectivity index (χ1n) is 44.9. The molecule has 4 aliphatic heterocycles. The molecule has 14 nitrogen and oxygen atoms in total. The van der Waals surface area contributed by atoms with Crippen LogP contribution >= 0.6 is 31.9 Å². The smallest absolute Gasteiger partial charge is 0.870 e. The van der Waals surface area contributed by atoms with E-state index < -0.39 is 0 Å². The summed E-state index contributed by atoms with van der Waals surface area (Å²) in [5, 5.41) is 33.9. The Hall–Kier alpha value is -0.134. The van der Waals surface area contributed by atoms with Crippen LogP contribution < -0.4 is 51.4 Å². The first-order valence-corrected chi connectivity index (χ1v) is 47.1. The molecular formula is C95H191Br2KO14. The average Bonchev–Trinajstić information content (AvgIpc) is 0.986. The van der Waals surface area contributed by atoms with Crippen molar-refractivity contribution < 1.29 is 120 Å². The van der Waals surface area contributed by atoms with E-state index in [4.69, 9.17) is 58.3 Å². The third-order valence-electron chi connectivity index (χ3n) is 17.5. The Kier molecular flexibility index (Phi) is 159. The predicted octanol–water partition coefficient (Wildman–Crippen LogP) is 26.0. The molecule has 670 valence electrons. The standard InChI is InChI=1S/C17H32O2.C14H27BrO2.2C14H26O2.C12H24O.C9H19BrO.C5H8O.C5H10.C2H6O.CH4O.2CH4.K.H2O/c1-2-3-4-5-6-7-8-9-10-12-15-18-17-14-11-13-16-19-17;15-11-7-4-2-1-3-5-8-12-16-14-10-6-9-13-17-14;1-2-3-4-5-6-7-9-12-15-14-11-8-10-13-16-14;1-3-4-5-6-7-8-9-10-11-12-13-16-14(2)15;1-2-3-4-5-6-7-8-9-10-11-12-13;10-8-6-4-2-1-3-5-7-9-11;1-2-4-6-5-3-1;1-3-5-4-2;1-2-3;1-2;;;;/h4-5,17H,2-3,6-16H2,1H3;14H,1-13H2;2,14H,1,3-13H2;5-6H,3-4,7-13H2,1-2H3;4-5,13H,2-3,6-12H2,1H3;11H,1-9H2;2,4H,1,3,5H2;3H,1,4-5H2,2H3;3H,2H2,1H3;2H,1H3;2*1H4;;1H2/q;;;;;;;;;;;;+1;/p-1/b5-4-;;;6-5-;5-4-;;;;;;;;;. The minimum atomic E-state index is -0.166. The summed E-state index contributed by atoms with van der Waals surface area (Å²) in [5.74, 6) is -0.166. The fourth-order valence-corrected chi connectivity index (χ4v) is 11.9. The van der Waals surface area contributed by atoms with E-state index in [1.807, 2.05) is 18.2 Å². The molecule has 0 amide bonds. The maximum Gasteiger partial charge on any atom is 1.00 e. The normalized spacial score (nSPS) is 15.0. The predicted molar refractivity (Wildman–Crippen MR) is 491 cm³/mol. The number of halogens is 2. The van der Waals surface area contributed by atoms with Gasteiger partial charge in [0.05, 0.1) is 19.5 Å². The van der Waals surface area contributed by atoms with Crippen molar-refractivity contribution in [1.29, 1.82) is 0 Å². The average molecular weight is 1760 g/mol. The fourth-order valence-electron chi connectivity index (χ4n) is 11.1. The molecule has 0 spiro atoms. The number of alkyl halides is 2. The summed E-state index contributed by atoms with van der Waals surface area (Å²) >= 11 is 6.87. The molecule has 0 aromatic carbocycles. The molecule has 5 N–H and O–H groups in total. The minimum absolute atomic E-state index is 0. The third-order valence-corrected chi connectivity index (χ3v) is 18.6. The molecule has 3 fully saturated rings. The van der Waals surface area contributed by atoms with Gasteiger partial charge >= 0.3 is 57.4 Å². The van der Waals surface area contributed by atoms with Gasteiger partial charge in [-0.2, -0.15) is 0 Å². The molecule has 0 radical (unpaired) electrons. The largest absolute Gasteiger partial charge is 1.00 e. The van der Waals surface area contributed by atoms with Crippen LogP contribution in [0.2, 0.25) is 0 Å². The summed E-state index contributed by atoms with van der Waals surface area (Å²) < 4.78 is 43.4. The summed E-state index contributed by atoms with van der Waals surface area (Å²) in [6.45, 7) is 26.9. The monoisotopic (exact) mass is 1750 g/mol. The van der Waals surface area contributed by atoms with Crippen LogP contribution in [0.25, 0.3) is 0 Å². The number of aliphatic hydroxyl groups is 4. The van der Waals surface area contributed by atoms with E-state index in [9.17, 15) is 4.79 Å². The molecule has 4 heterocycles. The van der Waals surface area contributed by atoms with Crippen molar-refractivity contribution >= 4 is 37.8 Å². The zero-order valence-electron chi connectivity index (χ0n) is 73.6. The molecule has 0 aliphatic carbocycles. The van der Waals surface area contributed by atoms with Crippen molar-refractivity contribution in [3.8, 4) is 0 Å². The van der Waals surface area contributed by atoms with Crippen molar-refractivity contribution in [3.63, 3.8) is 0 Å². The van der Waals surface area contributed by atoms with Crippen molar-refractivity contribution in [2.45, 2.75) is 441 Å². The van der Waals surface area contributed by atoms with Crippen LogP contribution in [-0.2, 0) is 42.7 Å². The van der Waals surface area contributed by atoms with E-state index in [1.165, 1.54) is 322 Å². The Morgan fingerprint density at radius 1 is 0.393 bits per heavy atom. The van der Waals surface area contributed by atoms with Gasteiger partial charge in [-0.25, -0.2) is 0 Å². The van der Waals surface area contributed by atoms with Gasteiger partial charge in [0.2, 0.25) is 0 Å². The SMILES string of the molecule is BrCCCCCCCCCOC1CCCCO1.C.C.C1=COCCC1.C=CCCC.C=CCCCCCCCOC1CCCCO1.CCC/C=C\CCCCCCCO.CCC/C=C\CCCCCCCOC(C)=O.CCC/C=C\CCCCCCCOC1CCCCO1.CCO.CO.OCCCCCCCCCBr.[K+].[OH-]. The van der Waals surface area contributed by atoms with Gasteiger partial charge in [-0.15, -0.1) is 13.2 Å². The van der Waals surface area contributed by atoms with Crippen LogP contribution in [0.4, 0.5) is 0 Å². The Labute approximate surface area is 756 Å². The number of rotatable bonds is 59. The van der Waals surface area contributed by atoms with E-state index in [0.717, 1.165) is 115 Å². The summed E-state index contributed by atoms with van der Waals surface area (Å²) in [4.78, 5) is 10.5. The van der Waals surface area contributed by atoms with E-state index in [2.05, 4.69) is 109 Å². The summed E-state index contributed by atoms with van der Waals surface area (Å²) in [5.41, 5.74) is 0. The second-order valence-electron chi connectivity index (χ2n) is 28.2. The maximum atomic E-state index is 10.5. The van der Waals surface area contributed by atoms with Crippen LogP contribution in [0.5, 0.6) is 0 Å². The van der Waals surface area contributed by atoms with Crippen LogP contribution in [0.15, 0.2) is 74.1 Å². The summed E-state index contributed by atoms with van der Waals surface area (Å²) in [7, 11) is 1.00. The number of unbranched alkanes of at least 4 members (excludes halogenated alkanes) is 36. The van der Waals surface area contributed by atoms with Gasteiger partial charge in [-0.3, -0.25) is 4.79 Å². The van der Waals surface area contributed by atoms with Gasteiger partial charge in [-0.1, -0.05) is 290 Å². The van der Waals surface area contributed by atoms with Crippen LogP contribution in [-0.4, -0.2) is 141 Å². The molecule has 0 aromatic heterocycles. The van der Waals surface area contributed by atoms with Gasteiger partial charge in [-0.05, 0) is 212 Å². The maximum absolute atomic E-state index is 10.5. The third kappa shape index (κ3) is 139. The Morgan fingerprint density at radius 3 is 0.893 bits per heavy atom. The number of hydrogen-bond donors (Lipinski definition) is 4. The summed E-state index contributed by atoms with van der Waals surface area (Å²) in [6.07, 6.45) is 92.7. The molecule has 112 heavy (non-hydrogen) atoms. The Morgan fingerprint density at radius 2 is 0.670 bits per heavy atom. The first kappa shape index (κ1) is 133. The zero-order chi connectivity index (χ0) is 80.5. The van der Waals surface area contributed by atoms with Crippen LogP contribution in [0.3, 0.4) is 0 Å². The number of esters is 1. The van der Waals surface area contributed by atoms with E-state index >= 15 is 0 Å². The van der Waals surface area contributed by atoms with Gasteiger partial charge in [0, 0.05) is 84.2 Å². The molecule has 3 saturated heterocycles. The first-order chi connectivity index (χ1) is 53.2. The molecule has 0 bridgehead atoms. The van der Waals surface area contributed by atoms with Crippen molar-refractivity contribution in [3.05, 3.63) is 74.1 Å². The van der Waals surface area contributed by atoms with Gasteiger partial charge in [0.1, 0.15) is 0 Å². The molecule has 0 aromatic rings. The topological polar surface area (TPSA) is 202 Å². The van der Waals surface area contributed by atoms with Crippen molar-refractivity contribution in [2.75, 3.05) is 90.4 Å². The number of ether oxygens (including phenoxy) is 8. The van der Waals surface area contributed by atoms with E-state index in [-0.39, 0.29) is 103 Å². The van der Waals surface area contributed by atoms with Gasteiger partial charge in [0.15, 0.2) is 18.9 Å². The molecular weight excluding hydrogens is 1560 g/mol. The quantitative estimate of drug-likeness (QED) is 0.0147. The fraction of sp³-hybridized carbons (Fsp3) is 0.863. The Balaban J connectivity index is -0.000000134.